The first kappa shape index (κ1) is 18.8. The number of thioether (sulfide) groups is 1. The summed E-state index contributed by atoms with van der Waals surface area (Å²) in [7, 11) is 1.65. The Kier molecular flexibility index (Phi) is 7.96. The summed E-state index contributed by atoms with van der Waals surface area (Å²) in [6.07, 6.45) is 1.97. The second-order valence-corrected chi connectivity index (χ2v) is 5.68. The van der Waals surface area contributed by atoms with Gasteiger partial charge in [0.05, 0.1) is 6.42 Å². The van der Waals surface area contributed by atoms with Crippen LogP contribution in [0.2, 0.25) is 0 Å². The third-order valence-corrected chi connectivity index (χ3v) is 3.73. The molecule has 0 aromatic heterocycles. The van der Waals surface area contributed by atoms with E-state index in [-0.39, 0.29) is 25.5 Å². The van der Waals surface area contributed by atoms with Crippen molar-refractivity contribution < 1.29 is 19.1 Å². The van der Waals surface area contributed by atoms with Crippen molar-refractivity contribution >= 4 is 29.7 Å². The number of nitrogens with zero attached hydrogens (tertiary/aromatic N) is 1. The van der Waals surface area contributed by atoms with Gasteiger partial charge in [0.1, 0.15) is 0 Å². The fraction of sp³-hybridized carbons (Fsp3) is 0.400. The topological polar surface area (TPSA) is 102 Å². The van der Waals surface area contributed by atoms with Crippen molar-refractivity contribution in [1.82, 2.24) is 10.2 Å². The predicted molar refractivity (Wildman–Crippen MR) is 87.9 cm³/mol. The molecule has 0 fully saturated rings. The van der Waals surface area contributed by atoms with Crippen LogP contribution in [0.4, 0.5) is 4.79 Å². The summed E-state index contributed by atoms with van der Waals surface area (Å²) in [5, 5.41) is 2.27. The molecule has 23 heavy (non-hydrogen) atoms. The van der Waals surface area contributed by atoms with Crippen LogP contribution in [-0.2, 0) is 20.9 Å². The van der Waals surface area contributed by atoms with Crippen LogP contribution >= 0.6 is 11.8 Å². The maximum atomic E-state index is 11.9. The molecule has 0 unspecified atom stereocenters. The zero-order valence-corrected chi connectivity index (χ0v) is 14.0. The van der Waals surface area contributed by atoms with Crippen LogP contribution in [0.1, 0.15) is 12.0 Å². The second kappa shape index (κ2) is 9.73. The van der Waals surface area contributed by atoms with Crippen molar-refractivity contribution in [2.45, 2.75) is 17.9 Å². The van der Waals surface area contributed by atoms with Crippen molar-refractivity contribution in [3.8, 4) is 0 Å². The van der Waals surface area contributed by atoms with Crippen molar-refractivity contribution in [3.63, 3.8) is 0 Å². The number of benzene rings is 1. The lowest BCUT2D eigenvalue weighted by atomic mass is 10.2. The normalized spacial score (nSPS) is 10.0. The number of carbonyl (C=O) groups excluding carboxylic acids is 3. The molecule has 3 amide bonds. The van der Waals surface area contributed by atoms with Gasteiger partial charge in [0.15, 0.2) is 6.61 Å². The predicted octanol–water partition coefficient (Wildman–Crippen LogP) is 0.969. The minimum Gasteiger partial charge on any atom is -0.456 e. The van der Waals surface area contributed by atoms with E-state index in [2.05, 4.69) is 5.32 Å². The quantitative estimate of drug-likeness (QED) is 0.543. The van der Waals surface area contributed by atoms with Gasteiger partial charge < -0.3 is 20.7 Å². The standard InChI is InChI=1S/C15H21N3O4S/c1-18(9-11-3-5-12(23-2)6-4-11)13(19)10-22-14(20)7-8-17-15(16)21/h3-6H,7-10H2,1-2H3,(H3,16,17,21). The maximum absolute atomic E-state index is 11.9. The van der Waals surface area contributed by atoms with Crippen molar-refractivity contribution in [2.75, 3.05) is 26.5 Å². The molecular formula is C15H21N3O4S. The molecule has 7 nitrogen and oxygen atoms in total. The molecule has 1 rings (SSSR count). The molecule has 0 radical (unpaired) electrons. The molecule has 126 valence electrons. The average Bonchev–Trinajstić information content (AvgIpc) is 2.52. The van der Waals surface area contributed by atoms with E-state index in [0.29, 0.717) is 6.54 Å². The summed E-state index contributed by atoms with van der Waals surface area (Å²) in [5.74, 6) is -0.861. The molecule has 0 saturated carbocycles. The first-order chi connectivity index (χ1) is 10.9. The average molecular weight is 339 g/mol. The highest BCUT2D eigenvalue weighted by molar-refractivity contribution is 7.98. The molecule has 0 saturated heterocycles. The van der Waals surface area contributed by atoms with E-state index in [1.54, 1.807) is 18.8 Å². The number of carbonyl (C=O) groups is 3. The SMILES string of the molecule is CSc1ccc(CN(C)C(=O)COC(=O)CCNC(N)=O)cc1. The number of esters is 1. The number of nitrogens with two attached hydrogens (primary N) is 1. The first-order valence-corrected chi connectivity index (χ1v) is 8.20. The van der Waals surface area contributed by atoms with Crippen LogP contribution in [0.15, 0.2) is 29.2 Å². The summed E-state index contributed by atoms with van der Waals surface area (Å²) in [6.45, 7) is 0.197. The Morgan fingerprint density at radius 3 is 2.48 bits per heavy atom. The summed E-state index contributed by atoms with van der Waals surface area (Å²) >= 11 is 1.65. The number of ether oxygens (including phenoxy) is 1. The molecule has 0 heterocycles. The van der Waals surface area contributed by atoms with Crippen LogP contribution in [0.3, 0.4) is 0 Å². The molecule has 0 atom stereocenters. The van der Waals surface area contributed by atoms with Crippen LogP contribution in [-0.4, -0.2) is 49.3 Å². The third kappa shape index (κ3) is 7.55. The lowest BCUT2D eigenvalue weighted by molar-refractivity contribution is -0.151. The number of amides is 3. The molecule has 0 aliphatic carbocycles. The highest BCUT2D eigenvalue weighted by Gasteiger charge is 2.12. The highest BCUT2D eigenvalue weighted by atomic mass is 32.2. The number of hydrogen-bond donors (Lipinski definition) is 2. The molecular weight excluding hydrogens is 318 g/mol. The zero-order chi connectivity index (χ0) is 17.2. The molecule has 0 spiro atoms. The molecule has 0 aliphatic rings. The second-order valence-electron chi connectivity index (χ2n) is 4.80. The van der Waals surface area contributed by atoms with Crippen LogP contribution in [0, 0.1) is 0 Å². The monoisotopic (exact) mass is 339 g/mol. The van der Waals surface area contributed by atoms with Gasteiger partial charge in [-0.3, -0.25) is 9.59 Å². The zero-order valence-electron chi connectivity index (χ0n) is 13.2. The fourth-order valence-corrected chi connectivity index (χ4v) is 2.11. The van der Waals surface area contributed by atoms with Crippen LogP contribution in [0.25, 0.3) is 0 Å². The van der Waals surface area contributed by atoms with Gasteiger partial charge in [0, 0.05) is 25.0 Å². The molecule has 8 heteroatoms. The van der Waals surface area contributed by atoms with Crippen LogP contribution < -0.4 is 11.1 Å². The van der Waals surface area contributed by atoms with E-state index in [0.717, 1.165) is 10.5 Å². The number of primary amides is 1. The van der Waals surface area contributed by atoms with Gasteiger partial charge in [0.25, 0.3) is 5.91 Å². The Morgan fingerprint density at radius 2 is 1.91 bits per heavy atom. The van der Waals surface area contributed by atoms with Gasteiger partial charge in [-0.25, -0.2) is 4.79 Å². The Labute approximate surface area is 139 Å². The van der Waals surface area contributed by atoms with Crippen LogP contribution in [0.5, 0.6) is 0 Å². The molecule has 1 aromatic carbocycles. The summed E-state index contributed by atoms with van der Waals surface area (Å²) < 4.78 is 4.86. The van der Waals surface area contributed by atoms with Gasteiger partial charge in [0.2, 0.25) is 0 Å². The summed E-state index contributed by atoms with van der Waals surface area (Å²) in [5.41, 5.74) is 5.86. The van der Waals surface area contributed by atoms with Gasteiger partial charge in [-0.2, -0.15) is 0 Å². The maximum Gasteiger partial charge on any atom is 0.312 e. The number of nitrogens with one attached hydrogen (secondary N) is 1. The Bertz CT molecular complexity index is 548. The lowest BCUT2D eigenvalue weighted by Gasteiger charge is -2.17. The van der Waals surface area contributed by atoms with Gasteiger partial charge in [-0.15, -0.1) is 11.8 Å². The number of rotatable bonds is 8. The Morgan fingerprint density at radius 1 is 1.26 bits per heavy atom. The number of hydrogen-bond acceptors (Lipinski definition) is 5. The third-order valence-electron chi connectivity index (χ3n) is 2.99. The van der Waals surface area contributed by atoms with E-state index in [4.69, 9.17) is 10.5 Å². The number of likely N-dealkylation sites (N-methyl/N-ethyl adjacent to an activating group) is 1. The van der Waals surface area contributed by atoms with Gasteiger partial charge >= 0.3 is 12.0 Å². The van der Waals surface area contributed by atoms with Crippen molar-refractivity contribution in [1.29, 1.82) is 0 Å². The first-order valence-electron chi connectivity index (χ1n) is 6.98. The van der Waals surface area contributed by atoms with E-state index < -0.39 is 12.0 Å². The molecule has 0 bridgehead atoms. The van der Waals surface area contributed by atoms with Gasteiger partial charge in [-0.1, -0.05) is 12.1 Å². The molecule has 1 aromatic rings. The minimum atomic E-state index is -0.707. The van der Waals surface area contributed by atoms with Crippen molar-refractivity contribution in [2.24, 2.45) is 5.73 Å². The van der Waals surface area contributed by atoms with E-state index in [1.165, 1.54) is 4.90 Å². The molecule has 0 aliphatic heterocycles. The Balaban J connectivity index is 2.32. The smallest absolute Gasteiger partial charge is 0.312 e. The largest absolute Gasteiger partial charge is 0.456 e. The summed E-state index contributed by atoms with van der Waals surface area (Å²) in [6, 6.07) is 7.18. The van der Waals surface area contributed by atoms with Gasteiger partial charge in [-0.05, 0) is 24.0 Å². The highest BCUT2D eigenvalue weighted by Crippen LogP contribution is 2.15. The molecule has 3 N–H and O–H groups in total. The summed E-state index contributed by atoms with van der Waals surface area (Å²) in [4.78, 5) is 36.4. The Hall–Kier alpha value is -2.22. The van der Waals surface area contributed by atoms with Crippen molar-refractivity contribution in [3.05, 3.63) is 29.8 Å². The van der Waals surface area contributed by atoms with E-state index >= 15 is 0 Å². The lowest BCUT2D eigenvalue weighted by Crippen LogP contribution is -2.33. The van der Waals surface area contributed by atoms with E-state index in [9.17, 15) is 14.4 Å². The fourth-order valence-electron chi connectivity index (χ4n) is 1.71. The minimum absolute atomic E-state index is 0.0317. The van der Waals surface area contributed by atoms with E-state index in [1.807, 2.05) is 30.5 Å². The number of urea groups is 1.